The van der Waals surface area contributed by atoms with Crippen LogP contribution >= 0.6 is 0 Å². The third kappa shape index (κ3) is 2.93. The first-order valence-electron chi connectivity index (χ1n) is 6.67. The van der Waals surface area contributed by atoms with Crippen LogP contribution in [0.25, 0.3) is 0 Å². The molecule has 104 valence electrons. The predicted molar refractivity (Wildman–Crippen MR) is 75.0 cm³/mol. The van der Waals surface area contributed by atoms with Gasteiger partial charge in [0, 0.05) is 17.2 Å². The number of hydrogen-bond donors (Lipinski definition) is 0. The molecule has 2 aromatic rings. The Hall–Kier alpha value is -2.03. The SMILES string of the molecule is CCc1ccc(C(=O)c2cc(F)cc(F)c2)cc1CC. The van der Waals surface area contributed by atoms with E-state index >= 15 is 0 Å². The highest BCUT2D eigenvalue weighted by Gasteiger charge is 2.13. The molecule has 2 rings (SSSR count). The summed E-state index contributed by atoms with van der Waals surface area (Å²) >= 11 is 0. The average molecular weight is 274 g/mol. The van der Waals surface area contributed by atoms with Crippen molar-refractivity contribution in [1.82, 2.24) is 0 Å². The molecule has 0 unspecified atom stereocenters. The standard InChI is InChI=1S/C17H16F2O/c1-3-11-5-6-13(7-12(11)4-2)17(20)14-8-15(18)10-16(19)9-14/h5-10H,3-4H2,1-2H3. The summed E-state index contributed by atoms with van der Waals surface area (Å²) in [6, 6.07) is 8.30. The fourth-order valence-electron chi connectivity index (χ4n) is 2.29. The lowest BCUT2D eigenvalue weighted by molar-refractivity contribution is 0.103. The second-order valence-electron chi connectivity index (χ2n) is 4.68. The van der Waals surface area contributed by atoms with E-state index in [0.717, 1.165) is 36.6 Å². The first-order valence-corrected chi connectivity index (χ1v) is 6.67. The van der Waals surface area contributed by atoms with Crippen LogP contribution < -0.4 is 0 Å². The van der Waals surface area contributed by atoms with Crippen molar-refractivity contribution in [1.29, 1.82) is 0 Å². The number of carbonyl (C=O) groups excluding carboxylic acids is 1. The van der Waals surface area contributed by atoms with Crippen molar-refractivity contribution in [2.45, 2.75) is 26.7 Å². The van der Waals surface area contributed by atoms with Gasteiger partial charge in [-0.15, -0.1) is 0 Å². The largest absolute Gasteiger partial charge is 0.289 e. The highest BCUT2D eigenvalue weighted by molar-refractivity contribution is 6.09. The van der Waals surface area contributed by atoms with Gasteiger partial charge in [0.25, 0.3) is 0 Å². The third-order valence-electron chi connectivity index (χ3n) is 3.36. The maximum atomic E-state index is 13.2. The normalized spacial score (nSPS) is 10.6. The van der Waals surface area contributed by atoms with Crippen LogP contribution in [-0.4, -0.2) is 5.78 Å². The van der Waals surface area contributed by atoms with Gasteiger partial charge in [0.1, 0.15) is 11.6 Å². The molecule has 20 heavy (non-hydrogen) atoms. The zero-order valence-electron chi connectivity index (χ0n) is 11.5. The molecule has 0 bridgehead atoms. The molecule has 0 radical (unpaired) electrons. The van der Waals surface area contributed by atoms with Crippen molar-refractivity contribution in [3.8, 4) is 0 Å². The van der Waals surface area contributed by atoms with Gasteiger partial charge in [0.15, 0.2) is 5.78 Å². The second-order valence-corrected chi connectivity index (χ2v) is 4.68. The molecule has 3 heteroatoms. The van der Waals surface area contributed by atoms with Gasteiger partial charge in [-0.1, -0.05) is 26.0 Å². The van der Waals surface area contributed by atoms with Gasteiger partial charge in [0.05, 0.1) is 0 Å². The van der Waals surface area contributed by atoms with E-state index in [1.165, 1.54) is 5.56 Å². The van der Waals surface area contributed by atoms with Crippen molar-refractivity contribution in [3.63, 3.8) is 0 Å². The quantitative estimate of drug-likeness (QED) is 0.759. The van der Waals surface area contributed by atoms with Crippen LogP contribution in [0.2, 0.25) is 0 Å². The monoisotopic (exact) mass is 274 g/mol. The molecule has 0 aliphatic rings. The number of aryl methyl sites for hydroxylation is 2. The average Bonchev–Trinajstić information content (AvgIpc) is 2.44. The zero-order chi connectivity index (χ0) is 14.7. The van der Waals surface area contributed by atoms with Crippen LogP contribution in [0.4, 0.5) is 8.78 Å². The molecule has 0 saturated carbocycles. The van der Waals surface area contributed by atoms with E-state index in [4.69, 9.17) is 0 Å². The van der Waals surface area contributed by atoms with E-state index in [9.17, 15) is 13.6 Å². The van der Waals surface area contributed by atoms with Crippen LogP contribution in [-0.2, 0) is 12.8 Å². The summed E-state index contributed by atoms with van der Waals surface area (Å²) in [4.78, 5) is 12.3. The Bertz CT molecular complexity index is 627. The highest BCUT2D eigenvalue weighted by atomic mass is 19.1. The summed E-state index contributed by atoms with van der Waals surface area (Å²) in [5, 5.41) is 0. The molecule has 0 aromatic heterocycles. The van der Waals surface area contributed by atoms with Crippen molar-refractivity contribution in [2.24, 2.45) is 0 Å². The molecule has 0 amide bonds. The lowest BCUT2D eigenvalue weighted by Gasteiger charge is -2.08. The Labute approximate surface area is 117 Å². The molecule has 0 spiro atoms. The lowest BCUT2D eigenvalue weighted by atomic mass is 9.96. The van der Waals surface area contributed by atoms with Crippen molar-refractivity contribution < 1.29 is 13.6 Å². The summed E-state index contributed by atoms with van der Waals surface area (Å²) in [5.41, 5.74) is 2.78. The summed E-state index contributed by atoms with van der Waals surface area (Å²) in [6.07, 6.45) is 1.72. The van der Waals surface area contributed by atoms with Gasteiger partial charge < -0.3 is 0 Å². The van der Waals surface area contributed by atoms with Crippen molar-refractivity contribution in [2.75, 3.05) is 0 Å². The van der Waals surface area contributed by atoms with Gasteiger partial charge in [-0.05, 0) is 42.2 Å². The molecule has 0 fully saturated rings. The molecular weight excluding hydrogens is 258 g/mol. The Balaban J connectivity index is 2.42. The number of carbonyl (C=O) groups is 1. The highest BCUT2D eigenvalue weighted by Crippen LogP contribution is 2.18. The lowest BCUT2D eigenvalue weighted by Crippen LogP contribution is -2.04. The van der Waals surface area contributed by atoms with Gasteiger partial charge in [-0.25, -0.2) is 8.78 Å². The summed E-state index contributed by atoms with van der Waals surface area (Å²) in [6.45, 7) is 4.07. The third-order valence-corrected chi connectivity index (χ3v) is 3.36. The van der Waals surface area contributed by atoms with Gasteiger partial charge in [-0.2, -0.15) is 0 Å². The predicted octanol–water partition coefficient (Wildman–Crippen LogP) is 4.32. The minimum absolute atomic E-state index is 0.0359. The van der Waals surface area contributed by atoms with Crippen molar-refractivity contribution >= 4 is 5.78 Å². The second kappa shape index (κ2) is 5.95. The van der Waals surface area contributed by atoms with Crippen molar-refractivity contribution in [3.05, 3.63) is 70.3 Å². The molecule has 0 atom stereocenters. The Kier molecular flexibility index (Phi) is 4.28. The smallest absolute Gasteiger partial charge is 0.193 e. The van der Waals surface area contributed by atoms with E-state index in [-0.39, 0.29) is 11.3 Å². The topological polar surface area (TPSA) is 17.1 Å². The Morgan fingerprint density at radius 1 is 0.850 bits per heavy atom. The first-order chi connectivity index (χ1) is 9.55. The molecule has 0 aliphatic carbocycles. The minimum Gasteiger partial charge on any atom is -0.289 e. The van der Waals surface area contributed by atoms with Gasteiger partial charge >= 0.3 is 0 Å². The molecule has 1 nitrogen and oxygen atoms in total. The summed E-state index contributed by atoms with van der Waals surface area (Å²) in [7, 11) is 0. The van der Waals surface area contributed by atoms with Crippen LogP contribution in [0.15, 0.2) is 36.4 Å². The first kappa shape index (κ1) is 14.4. The van der Waals surface area contributed by atoms with E-state index in [0.29, 0.717) is 5.56 Å². The molecule has 0 heterocycles. The maximum absolute atomic E-state index is 13.2. The number of rotatable bonds is 4. The molecule has 2 aromatic carbocycles. The van der Waals surface area contributed by atoms with E-state index < -0.39 is 11.6 Å². The van der Waals surface area contributed by atoms with Crippen LogP contribution in [0.3, 0.4) is 0 Å². The number of hydrogen-bond acceptors (Lipinski definition) is 1. The van der Waals surface area contributed by atoms with Crippen LogP contribution in [0.5, 0.6) is 0 Å². The molecule has 0 saturated heterocycles. The van der Waals surface area contributed by atoms with Crippen LogP contribution in [0, 0.1) is 11.6 Å². The van der Waals surface area contributed by atoms with E-state index in [1.54, 1.807) is 6.07 Å². The molecule has 0 N–H and O–H groups in total. The fraction of sp³-hybridized carbons (Fsp3) is 0.235. The summed E-state index contributed by atoms with van der Waals surface area (Å²) in [5.74, 6) is -1.84. The van der Waals surface area contributed by atoms with Crippen LogP contribution in [0.1, 0.15) is 40.9 Å². The van der Waals surface area contributed by atoms with Gasteiger partial charge in [-0.3, -0.25) is 4.79 Å². The van der Waals surface area contributed by atoms with E-state index in [1.807, 2.05) is 19.1 Å². The Morgan fingerprint density at radius 2 is 1.45 bits per heavy atom. The zero-order valence-corrected chi connectivity index (χ0v) is 11.5. The fourth-order valence-corrected chi connectivity index (χ4v) is 2.29. The summed E-state index contributed by atoms with van der Waals surface area (Å²) < 4.78 is 26.4. The minimum atomic E-state index is -0.741. The molecule has 0 aliphatic heterocycles. The maximum Gasteiger partial charge on any atom is 0.193 e. The number of ketones is 1. The molecular formula is C17H16F2O. The number of benzene rings is 2. The van der Waals surface area contributed by atoms with E-state index in [2.05, 4.69) is 6.92 Å². The number of halogens is 2. The van der Waals surface area contributed by atoms with Gasteiger partial charge in [0.2, 0.25) is 0 Å². The Morgan fingerprint density at radius 3 is 2.00 bits per heavy atom.